The first-order valence-electron chi connectivity index (χ1n) is 9.57. The van der Waals surface area contributed by atoms with E-state index in [9.17, 15) is 9.59 Å². The van der Waals surface area contributed by atoms with E-state index < -0.39 is 0 Å². The summed E-state index contributed by atoms with van der Waals surface area (Å²) >= 11 is 1.41. The maximum Gasteiger partial charge on any atom is 0.267 e. The van der Waals surface area contributed by atoms with Gasteiger partial charge in [0.05, 0.1) is 17.6 Å². The summed E-state index contributed by atoms with van der Waals surface area (Å²) in [6, 6.07) is 15.4. The Morgan fingerprint density at radius 3 is 2.59 bits per heavy atom. The summed E-state index contributed by atoms with van der Waals surface area (Å²) in [6.45, 7) is 2.32. The van der Waals surface area contributed by atoms with Crippen LogP contribution in [-0.4, -0.2) is 41.1 Å². The Kier molecular flexibility index (Phi) is 5.45. The summed E-state index contributed by atoms with van der Waals surface area (Å²) in [5.74, 6) is 0.831. The van der Waals surface area contributed by atoms with E-state index in [2.05, 4.69) is 4.98 Å². The van der Waals surface area contributed by atoms with Gasteiger partial charge in [-0.3, -0.25) is 14.5 Å². The van der Waals surface area contributed by atoms with Crippen LogP contribution in [0.4, 0.5) is 0 Å². The Labute approximate surface area is 173 Å². The van der Waals surface area contributed by atoms with Crippen molar-refractivity contribution in [1.29, 1.82) is 0 Å². The largest absolute Gasteiger partial charge is 0.496 e. The Bertz CT molecular complexity index is 1120. The molecule has 5 nitrogen and oxygen atoms in total. The highest BCUT2D eigenvalue weighted by molar-refractivity contribution is 8.04. The van der Waals surface area contributed by atoms with Crippen molar-refractivity contribution in [3.63, 3.8) is 0 Å². The monoisotopic (exact) mass is 406 g/mol. The van der Waals surface area contributed by atoms with Crippen LogP contribution >= 0.6 is 11.8 Å². The number of nitrogens with zero attached hydrogens (tertiary/aromatic N) is 1. The number of ether oxygens (including phenoxy) is 1. The third-order valence-electron chi connectivity index (χ3n) is 5.07. The lowest BCUT2D eigenvalue weighted by molar-refractivity contribution is -0.136. The normalized spacial score (nSPS) is 14.3. The third-order valence-corrected chi connectivity index (χ3v) is 6.03. The molecule has 0 fully saturated rings. The molecule has 1 aliphatic rings. The second kappa shape index (κ2) is 8.17. The number of carbonyl (C=O) groups excluding carboxylic acids is 2. The summed E-state index contributed by atoms with van der Waals surface area (Å²) in [5, 5.41) is 1.12. The van der Waals surface area contributed by atoms with E-state index in [1.165, 1.54) is 16.7 Å². The lowest BCUT2D eigenvalue weighted by atomic mass is 10.0. The van der Waals surface area contributed by atoms with Gasteiger partial charge in [-0.05, 0) is 29.9 Å². The highest BCUT2D eigenvalue weighted by atomic mass is 32.2. The van der Waals surface area contributed by atoms with Crippen molar-refractivity contribution in [2.45, 2.75) is 13.3 Å². The molecule has 0 saturated carbocycles. The van der Waals surface area contributed by atoms with Crippen LogP contribution in [0.25, 0.3) is 16.5 Å². The number of rotatable bonds is 7. The van der Waals surface area contributed by atoms with Crippen LogP contribution in [0.15, 0.2) is 59.6 Å². The Morgan fingerprint density at radius 1 is 1.03 bits per heavy atom. The lowest BCUT2D eigenvalue weighted by Gasteiger charge is -2.15. The SMILES string of the molecule is CCSC1=C(c2ccccc2OC)C(=O)N(CCc2c[nH]c3ccccc23)C1=O. The van der Waals surface area contributed by atoms with Crippen molar-refractivity contribution < 1.29 is 14.3 Å². The Balaban J connectivity index is 1.63. The molecule has 3 aromatic rings. The first-order chi connectivity index (χ1) is 14.2. The Hall–Kier alpha value is -2.99. The average Bonchev–Trinajstić information content (AvgIpc) is 3.26. The van der Waals surface area contributed by atoms with Crippen molar-refractivity contribution in [3.05, 3.63) is 70.8 Å². The number of amides is 2. The number of methoxy groups -OCH3 is 1. The van der Waals surface area contributed by atoms with E-state index in [1.807, 2.05) is 61.7 Å². The topological polar surface area (TPSA) is 62.4 Å². The van der Waals surface area contributed by atoms with E-state index in [1.54, 1.807) is 7.11 Å². The molecule has 1 N–H and O–H groups in total. The first kappa shape index (κ1) is 19.3. The lowest BCUT2D eigenvalue weighted by Crippen LogP contribution is -2.33. The van der Waals surface area contributed by atoms with Gasteiger partial charge in [-0.25, -0.2) is 0 Å². The zero-order chi connectivity index (χ0) is 20.4. The zero-order valence-corrected chi connectivity index (χ0v) is 17.2. The average molecular weight is 407 g/mol. The molecule has 0 bridgehead atoms. The molecule has 2 amide bonds. The second-order valence-corrected chi connectivity index (χ2v) is 7.98. The smallest absolute Gasteiger partial charge is 0.267 e. The molecule has 0 unspecified atom stereocenters. The molecule has 0 atom stereocenters. The summed E-state index contributed by atoms with van der Waals surface area (Å²) in [7, 11) is 1.57. The molecule has 1 aliphatic heterocycles. The molecule has 6 heteroatoms. The standard InChI is InChI=1S/C23H22N2O3S/c1-3-29-21-20(17-9-5-7-11-19(17)28-2)22(26)25(23(21)27)13-12-15-14-24-18-10-6-4-8-16(15)18/h4-11,14,24H,3,12-13H2,1-2H3. The van der Waals surface area contributed by atoms with Crippen molar-refractivity contribution >= 4 is 40.1 Å². The quantitative estimate of drug-likeness (QED) is 0.596. The molecule has 0 saturated heterocycles. The molecule has 0 spiro atoms. The maximum absolute atomic E-state index is 13.3. The van der Waals surface area contributed by atoms with Crippen LogP contribution in [0.1, 0.15) is 18.1 Å². The van der Waals surface area contributed by atoms with Crippen molar-refractivity contribution in [1.82, 2.24) is 9.88 Å². The number of benzene rings is 2. The van der Waals surface area contributed by atoms with Crippen LogP contribution in [0.5, 0.6) is 5.75 Å². The highest BCUT2D eigenvalue weighted by Crippen LogP contribution is 2.39. The van der Waals surface area contributed by atoms with Crippen LogP contribution in [-0.2, 0) is 16.0 Å². The molecule has 2 heterocycles. The number of para-hydroxylation sites is 2. The fourth-order valence-corrected chi connectivity index (χ4v) is 4.56. The molecule has 2 aromatic carbocycles. The van der Waals surface area contributed by atoms with E-state index >= 15 is 0 Å². The number of hydrogen-bond donors (Lipinski definition) is 1. The van der Waals surface area contributed by atoms with Gasteiger partial charge in [0.15, 0.2) is 0 Å². The molecule has 0 radical (unpaired) electrons. The minimum atomic E-state index is -0.254. The number of nitrogens with one attached hydrogen (secondary N) is 1. The summed E-state index contributed by atoms with van der Waals surface area (Å²) < 4.78 is 5.44. The molecule has 148 valence electrons. The number of aromatic nitrogens is 1. The van der Waals surface area contributed by atoms with E-state index in [4.69, 9.17) is 4.74 Å². The van der Waals surface area contributed by atoms with Gasteiger partial charge in [0.1, 0.15) is 5.75 Å². The number of imide groups is 1. The minimum Gasteiger partial charge on any atom is -0.496 e. The molecule has 0 aliphatic carbocycles. The highest BCUT2D eigenvalue weighted by Gasteiger charge is 2.39. The van der Waals surface area contributed by atoms with Gasteiger partial charge >= 0.3 is 0 Å². The predicted molar refractivity (Wildman–Crippen MR) is 117 cm³/mol. The fraction of sp³-hybridized carbons (Fsp3) is 0.217. The zero-order valence-electron chi connectivity index (χ0n) is 16.4. The fourth-order valence-electron chi connectivity index (χ4n) is 3.69. The van der Waals surface area contributed by atoms with Crippen LogP contribution in [0.3, 0.4) is 0 Å². The van der Waals surface area contributed by atoms with Gasteiger partial charge in [0, 0.05) is 29.2 Å². The van der Waals surface area contributed by atoms with E-state index in [0.29, 0.717) is 40.5 Å². The number of hydrogen-bond acceptors (Lipinski definition) is 4. The first-order valence-corrected chi connectivity index (χ1v) is 10.6. The number of fused-ring (bicyclic) bond motifs is 1. The van der Waals surface area contributed by atoms with Gasteiger partial charge in [-0.2, -0.15) is 0 Å². The van der Waals surface area contributed by atoms with Crippen LogP contribution in [0.2, 0.25) is 0 Å². The van der Waals surface area contributed by atoms with Crippen molar-refractivity contribution in [2.75, 3.05) is 19.4 Å². The maximum atomic E-state index is 13.3. The third kappa shape index (κ3) is 3.44. The van der Waals surface area contributed by atoms with E-state index in [-0.39, 0.29) is 11.8 Å². The van der Waals surface area contributed by atoms with Crippen LogP contribution < -0.4 is 4.74 Å². The van der Waals surface area contributed by atoms with Gasteiger partial charge < -0.3 is 9.72 Å². The summed E-state index contributed by atoms with van der Waals surface area (Å²) in [6.07, 6.45) is 2.55. The molecular formula is C23H22N2O3S. The predicted octanol–water partition coefficient (Wildman–Crippen LogP) is 4.25. The number of thioether (sulfide) groups is 1. The summed E-state index contributed by atoms with van der Waals surface area (Å²) in [4.78, 5) is 31.5. The van der Waals surface area contributed by atoms with Gasteiger partial charge in [0.2, 0.25) is 0 Å². The molecule has 4 rings (SSSR count). The van der Waals surface area contributed by atoms with Crippen molar-refractivity contribution in [3.8, 4) is 5.75 Å². The number of aromatic amines is 1. The van der Waals surface area contributed by atoms with Crippen LogP contribution in [0, 0.1) is 0 Å². The molecular weight excluding hydrogens is 384 g/mol. The Morgan fingerprint density at radius 2 is 1.79 bits per heavy atom. The van der Waals surface area contributed by atoms with Gasteiger partial charge in [-0.1, -0.05) is 43.3 Å². The van der Waals surface area contributed by atoms with Gasteiger partial charge in [-0.15, -0.1) is 11.8 Å². The summed E-state index contributed by atoms with van der Waals surface area (Å²) in [5.41, 5.74) is 3.25. The van der Waals surface area contributed by atoms with E-state index in [0.717, 1.165) is 16.5 Å². The number of carbonyl (C=O) groups is 2. The van der Waals surface area contributed by atoms with Crippen molar-refractivity contribution in [2.24, 2.45) is 0 Å². The molecule has 29 heavy (non-hydrogen) atoms. The van der Waals surface area contributed by atoms with Gasteiger partial charge in [0.25, 0.3) is 11.8 Å². The minimum absolute atomic E-state index is 0.220. The number of H-pyrrole nitrogens is 1. The molecule has 1 aromatic heterocycles. The second-order valence-electron chi connectivity index (χ2n) is 6.71.